The predicted octanol–water partition coefficient (Wildman–Crippen LogP) is 0.244. The Morgan fingerprint density at radius 3 is 2.63 bits per heavy atom. The Morgan fingerprint density at radius 1 is 1.22 bits per heavy atom. The monoisotopic (exact) mass is 399 g/mol. The average molecular weight is 400 g/mol. The lowest BCUT2D eigenvalue weighted by Crippen LogP contribution is -2.49. The summed E-state index contributed by atoms with van der Waals surface area (Å²) in [4.78, 5) is 12.9. The summed E-state index contributed by atoms with van der Waals surface area (Å²) in [5.41, 5.74) is 0.185. The SMILES string of the molecule is COCCNS(=O)(=O)c1cccc(CNC(=O)C2(COC)CCNCC2)c1. The van der Waals surface area contributed by atoms with Gasteiger partial charge in [0.05, 0.1) is 23.5 Å². The number of carbonyl (C=O) groups is 1. The third-order valence-corrected chi connectivity index (χ3v) is 6.18. The molecule has 3 N–H and O–H groups in total. The van der Waals surface area contributed by atoms with Gasteiger partial charge in [0, 0.05) is 27.3 Å². The first-order valence-corrected chi connectivity index (χ1v) is 10.5. The van der Waals surface area contributed by atoms with E-state index in [0.717, 1.165) is 18.7 Å². The number of piperidine rings is 1. The van der Waals surface area contributed by atoms with Crippen molar-refractivity contribution in [3.63, 3.8) is 0 Å². The first kappa shape index (κ1) is 21.8. The second kappa shape index (κ2) is 10.1. The number of nitrogens with one attached hydrogen (secondary N) is 3. The zero-order valence-corrected chi connectivity index (χ0v) is 16.7. The molecule has 1 amide bonds. The van der Waals surface area contributed by atoms with Crippen molar-refractivity contribution in [2.45, 2.75) is 24.3 Å². The first-order chi connectivity index (χ1) is 12.9. The maximum atomic E-state index is 12.8. The van der Waals surface area contributed by atoms with Crippen LogP contribution in [0.3, 0.4) is 0 Å². The highest BCUT2D eigenvalue weighted by Crippen LogP contribution is 2.29. The average Bonchev–Trinajstić information content (AvgIpc) is 2.67. The molecule has 0 aromatic heterocycles. The molecule has 0 spiro atoms. The first-order valence-electron chi connectivity index (χ1n) is 8.99. The maximum Gasteiger partial charge on any atom is 0.240 e. The molecule has 2 rings (SSSR count). The number of methoxy groups -OCH3 is 2. The Balaban J connectivity index is 2.02. The van der Waals surface area contributed by atoms with Crippen LogP contribution >= 0.6 is 0 Å². The van der Waals surface area contributed by atoms with Gasteiger partial charge >= 0.3 is 0 Å². The predicted molar refractivity (Wildman–Crippen MR) is 102 cm³/mol. The molecule has 27 heavy (non-hydrogen) atoms. The van der Waals surface area contributed by atoms with Crippen LogP contribution in [0.2, 0.25) is 0 Å². The molecular weight excluding hydrogens is 370 g/mol. The van der Waals surface area contributed by atoms with Gasteiger partial charge in [-0.1, -0.05) is 12.1 Å². The summed E-state index contributed by atoms with van der Waals surface area (Å²) in [6.45, 7) is 2.69. The van der Waals surface area contributed by atoms with E-state index in [1.807, 2.05) is 0 Å². The molecular formula is C18H29N3O5S. The van der Waals surface area contributed by atoms with E-state index >= 15 is 0 Å². The van der Waals surface area contributed by atoms with E-state index < -0.39 is 15.4 Å². The summed E-state index contributed by atoms with van der Waals surface area (Å²) >= 11 is 0. The van der Waals surface area contributed by atoms with Crippen molar-refractivity contribution in [1.82, 2.24) is 15.4 Å². The van der Waals surface area contributed by atoms with Gasteiger partial charge in [-0.25, -0.2) is 13.1 Å². The number of amides is 1. The lowest BCUT2D eigenvalue weighted by molar-refractivity contribution is -0.136. The van der Waals surface area contributed by atoms with Gasteiger partial charge in [-0.3, -0.25) is 4.79 Å². The highest BCUT2D eigenvalue weighted by atomic mass is 32.2. The van der Waals surface area contributed by atoms with Crippen molar-refractivity contribution >= 4 is 15.9 Å². The molecule has 1 aliphatic rings. The quantitative estimate of drug-likeness (QED) is 0.487. The normalized spacial score (nSPS) is 16.8. The fraction of sp³-hybridized carbons (Fsp3) is 0.611. The fourth-order valence-corrected chi connectivity index (χ4v) is 4.26. The van der Waals surface area contributed by atoms with Crippen LogP contribution in [-0.4, -0.2) is 61.4 Å². The number of hydrogen-bond acceptors (Lipinski definition) is 6. The molecule has 0 radical (unpaired) electrons. The summed E-state index contributed by atoms with van der Waals surface area (Å²) in [5.74, 6) is -0.0580. The number of ether oxygens (including phenoxy) is 2. The van der Waals surface area contributed by atoms with Crippen molar-refractivity contribution < 1.29 is 22.7 Å². The molecule has 1 heterocycles. The molecule has 1 fully saturated rings. The molecule has 0 unspecified atom stereocenters. The van der Waals surface area contributed by atoms with E-state index in [1.54, 1.807) is 25.3 Å². The third-order valence-electron chi connectivity index (χ3n) is 4.72. The molecule has 0 bridgehead atoms. The Bertz CT molecular complexity index is 712. The number of hydrogen-bond donors (Lipinski definition) is 3. The van der Waals surface area contributed by atoms with Gasteiger partial charge in [0.15, 0.2) is 0 Å². The van der Waals surface area contributed by atoms with E-state index in [1.165, 1.54) is 13.2 Å². The topological polar surface area (TPSA) is 106 Å². The van der Waals surface area contributed by atoms with E-state index in [4.69, 9.17) is 9.47 Å². The molecule has 1 saturated heterocycles. The summed E-state index contributed by atoms with van der Waals surface area (Å²) in [6.07, 6.45) is 1.43. The van der Waals surface area contributed by atoms with Crippen molar-refractivity contribution in [2.24, 2.45) is 5.41 Å². The largest absolute Gasteiger partial charge is 0.384 e. The maximum absolute atomic E-state index is 12.8. The minimum atomic E-state index is -3.61. The van der Waals surface area contributed by atoms with E-state index in [2.05, 4.69) is 15.4 Å². The smallest absolute Gasteiger partial charge is 0.240 e. The summed E-state index contributed by atoms with van der Waals surface area (Å²) in [7, 11) is -0.496. The van der Waals surface area contributed by atoms with Crippen LogP contribution in [0.1, 0.15) is 18.4 Å². The van der Waals surface area contributed by atoms with Crippen LogP contribution in [0.25, 0.3) is 0 Å². The number of sulfonamides is 1. The number of carbonyl (C=O) groups excluding carboxylic acids is 1. The van der Waals surface area contributed by atoms with E-state index in [9.17, 15) is 13.2 Å². The summed E-state index contributed by atoms with van der Waals surface area (Å²) < 4.78 is 37.2. The van der Waals surface area contributed by atoms with Crippen molar-refractivity contribution in [2.75, 3.05) is 47.1 Å². The van der Waals surface area contributed by atoms with Gasteiger partial charge in [0.1, 0.15) is 0 Å². The third kappa shape index (κ3) is 5.98. The molecule has 0 aliphatic carbocycles. The van der Waals surface area contributed by atoms with Crippen molar-refractivity contribution in [1.29, 1.82) is 0 Å². The van der Waals surface area contributed by atoms with Crippen molar-refractivity contribution in [3.8, 4) is 0 Å². The number of rotatable bonds is 10. The molecule has 1 aromatic rings. The van der Waals surface area contributed by atoms with Crippen LogP contribution in [0, 0.1) is 5.41 Å². The number of benzene rings is 1. The summed E-state index contributed by atoms with van der Waals surface area (Å²) in [6, 6.07) is 6.56. The Hall–Kier alpha value is -1.52. The van der Waals surface area contributed by atoms with Crippen LogP contribution in [0.15, 0.2) is 29.2 Å². The van der Waals surface area contributed by atoms with Gasteiger partial charge in [0.2, 0.25) is 15.9 Å². The highest BCUT2D eigenvalue weighted by Gasteiger charge is 2.39. The van der Waals surface area contributed by atoms with Crippen LogP contribution < -0.4 is 15.4 Å². The molecule has 1 aromatic carbocycles. The zero-order valence-electron chi connectivity index (χ0n) is 15.9. The van der Waals surface area contributed by atoms with Gasteiger partial charge in [-0.05, 0) is 43.6 Å². The van der Waals surface area contributed by atoms with Crippen LogP contribution in [0.5, 0.6) is 0 Å². The second-order valence-corrected chi connectivity index (χ2v) is 8.45. The molecule has 0 saturated carbocycles. The van der Waals surface area contributed by atoms with Crippen molar-refractivity contribution in [3.05, 3.63) is 29.8 Å². The Kier molecular flexibility index (Phi) is 8.18. The molecule has 1 aliphatic heterocycles. The minimum absolute atomic E-state index is 0.0580. The summed E-state index contributed by atoms with van der Waals surface area (Å²) in [5, 5.41) is 6.20. The van der Waals surface area contributed by atoms with Gasteiger partial charge in [0.25, 0.3) is 0 Å². The van der Waals surface area contributed by atoms with Crippen LogP contribution in [0.4, 0.5) is 0 Å². The fourth-order valence-electron chi connectivity index (χ4n) is 3.17. The Labute approximate surface area is 161 Å². The zero-order chi connectivity index (χ0) is 19.8. The van der Waals surface area contributed by atoms with E-state index in [0.29, 0.717) is 26.1 Å². The van der Waals surface area contributed by atoms with E-state index in [-0.39, 0.29) is 23.9 Å². The van der Waals surface area contributed by atoms with Gasteiger partial charge in [-0.2, -0.15) is 0 Å². The molecule has 0 atom stereocenters. The molecule has 152 valence electrons. The highest BCUT2D eigenvalue weighted by molar-refractivity contribution is 7.89. The lowest BCUT2D eigenvalue weighted by Gasteiger charge is -2.35. The van der Waals surface area contributed by atoms with Gasteiger partial charge < -0.3 is 20.1 Å². The molecule has 9 heteroatoms. The minimum Gasteiger partial charge on any atom is -0.384 e. The van der Waals surface area contributed by atoms with Crippen LogP contribution in [-0.2, 0) is 30.8 Å². The standard InChI is InChI=1S/C18H29N3O5S/c1-25-11-10-21-27(23,24)16-5-3-4-15(12-16)13-20-17(22)18(14-26-2)6-8-19-9-7-18/h3-5,12,19,21H,6-11,13-14H2,1-2H3,(H,20,22). The molecule has 8 nitrogen and oxygen atoms in total. The Morgan fingerprint density at radius 2 is 1.96 bits per heavy atom. The van der Waals surface area contributed by atoms with Gasteiger partial charge in [-0.15, -0.1) is 0 Å². The lowest BCUT2D eigenvalue weighted by atomic mass is 9.78. The second-order valence-electron chi connectivity index (χ2n) is 6.68.